The first-order valence-electron chi connectivity index (χ1n) is 2.73. The van der Waals surface area contributed by atoms with Crippen LogP contribution in [0.2, 0.25) is 0 Å². The molecule has 0 spiro atoms. The van der Waals surface area contributed by atoms with Gasteiger partial charge in [0.05, 0.1) is 4.99 Å². The average Bonchev–Trinajstić information content (AvgIpc) is 2.14. The summed E-state index contributed by atoms with van der Waals surface area (Å²) in [6.07, 6.45) is 2.23. The maximum absolute atomic E-state index is 4.92. The molecule has 0 radical (unpaired) electrons. The topological polar surface area (TPSA) is 12.0 Å². The molecule has 1 atom stereocenters. The molecule has 3 heteroatoms. The third kappa shape index (κ3) is 1.36. The lowest BCUT2D eigenvalue weighted by atomic mass is 10.3. The van der Waals surface area contributed by atoms with E-state index in [-0.39, 0.29) is 0 Å². The molecule has 0 aliphatic carbocycles. The Morgan fingerprint density at radius 2 is 2.62 bits per heavy atom. The van der Waals surface area contributed by atoms with Gasteiger partial charge in [-0.3, -0.25) is 0 Å². The minimum absolute atomic E-state index is 0.547. The Bertz CT molecular complexity index is 103. The van der Waals surface area contributed by atoms with Gasteiger partial charge < -0.3 is 5.32 Å². The molecular weight excluding hydrogens is 138 g/mol. The van der Waals surface area contributed by atoms with Crippen molar-refractivity contribution in [2.24, 2.45) is 0 Å². The highest BCUT2D eigenvalue weighted by Gasteiger charge is 2.15. The molecule has 8 heavy (non-hydrogen) atoms. The van der Waals surface area contributed by atoms with Crippen LogP contribution in [0.15, 0.2) is 0 Å². The molecular formula is C5H9NS2. The largest absolute Gasteiger partial charge is 0.376 e. The van der Waals surface area contributed by atoms with Gasteiger partial charge in [0.2, 0.25) is 0 Å². The first-order valence-corrected chi connectivity index (χ1v) is 3.77. The van der Waals surface area contributed by atoms with Gasteiger partial charge in [0.15, 0.2) is 0 Å². The second-order valence-corrected chi connectivity index (χ2v) is 2.84. The summed E-state index contributed by atoms with van der Waals surface area (Å²) in [6.45, 7) is 0. The summed E-state index contributed by atoms with van der Waals surface area (Å²) < 4.78 is 0. The van der Waals surface area contributed by atoms with E-state index in [9.17, 15) is 0 Å². The lowest BCUT2D eigenvalue weighted by molar-refractivity contribution is 0.704. The van der Waals surface area contributed by atoms with Crippen LogP contribution in [0.5, 0.6) is 0 Å². The Hall–Kier alpha value is 0.240. The van der Waals surface area contributed by atoms with E-state index < -0.39 is 0 Å². The van der Waals surface area contributed by atoms with Gasteiger partial charge in [-0.1, -0.05) is 12.2 Å². The van der Waals surface area contributed by atoms with Gasteiger partial charge in [-0.05, 0) is 12.8 Å². The van der Waals surface area contributed by atoms with E-state index in [0.717, 1.165) is 17.2 Å². The Balaban J connectivity index is 2.32. The Morgan fingerprint density at radius 1 is 1.88 bits per heavy atom. The first-order chi connectivity index (χ1) is 3.83. The molecule has 1 rings (SSSR count). The average molecular weight is 147 g/mol. The van der Waals surface area contributed by atoms with Gasteiger partial charge in [0.1, 0.15) is 0 Å². The van der Waals surface area contributed by atoms with Crippen molar-refractivity contribution in [3.63, 3.8) is 0 Å². The van der Waals surface area contributed by atoms with Crippen molar-refractivity contribution in [3.8, 4) is 0 Å². The number of hydrogen-bond donors (Lipinski definition) is 2. The highest BCUT2D eigenvalue weighted by molar-refractivity contribution is 7.80. The Kier molecular flexibility index (Phi) is 2.14. The fraction of sp³-hybridized carbons (Fsp3) is 0.800. The molecule has 1 N–H and O–H groups in total. The van der Waals surface area contributed by atoms with E-state index in [0.29, 0.717) is 6.04 Å². The van der Waals surface area contributed by atoms with Crippen LogP contribution in [-0.4, -0.2) is 16.8 Å². The maximum Gasteiger partial charge on any atom is 0.0756 e. The summed E-state index contributed by atoms with van der Waals surface area (Å²) in [5.41, 5.74) is 0. The first kappa shape index (κ1) is 6.36. The lowest BCUT2D eigenvalue weighted by Crippen LogP contribution is -2.25. The molecule has 0 aromatic carbocycles. The normalized spacial score (nSPS) is 28.1. The lowest BCUT2D eigenvalue weighted by Gasteiger charge is -2.03. The molecule has 0 bridgehead atoms. The van der Waals surface area contributed by atoms with E-state index >= 15 is 0 Å². The summed E-state index contributed by atoms with van der Waals surface area (Å²) >= 11 is 9.05. The standard InChI is InChI=1S/C5H9NS2/c7-3-4-1-2-5(8)6-4/h4,7H,1-3H2,(H,6,8)/t4-/m1/s1. The number of nitrogens with one attached hydrogen (secondary N) is 1. The van der Waals surface area contributed by atoms with Crippen LogP contribution in [0.1, 0.15) is 12.8 Å². The summed E-state index contributed by atoms with van der Waals surface area (Å²) in [5.74, 6) is 0.903. The summed E-state index contributed by atoms with van der Waals surface area (Å²) in [7, 11) is 0. The van der Waals surface area contributed by atoms with Crippen molar-refractivity contribution in [1.82, 2.24) is 5.32 Å². The van der Waals surface area contributed by atoms with Crippen LogP contribution in [0, 0.1) is 0 Å². The van der Waals surface area contributed by atoms with Gasteiger partial charge in [0.25, 0.3) is 0 Å². The third-order valence-corrected chi connectivity index (χ3v) is 2.07. The highest BCUT2D eigenvalue weighted by Crippen LogP contribution is 2.08. The van der Waals surface area contributed by atoms with Gasteiger partial charge in [-0.25, -0.2) is 0 Å². The van der Waals surface area contributed by atoms with E-state index in [4.69, 9.17) is 12.2 Å². The zero-order valence-corrected chi connectivity index (χ0v) is 6.27. The molecule has 0 unspecified atom stereocenters. The van der Waals surface area contributed by atoms with Crippen molar-refractivity contribution >= 4 is 29.8 Å². The predicted molar refractivity (Wildman–Crippen MR) is 42.6 cm³/mol. The van der Waals surface area contributed by atoms with Crippen molar-refractivity contribution in [2.45, 2.75) is 18.9 Å². The van der Waals surface area contributed by atoms with Crippen LogP contribution < -0.4 is 5.32 Å². The SMILES string of the molecule is S=C1CC[C@H](CS)N1. The fourth-order valence-corrected chi connectivity index (χ4v) is 1.37. The van der Waals surface area contributed by atoms with Crippen molar-refractivity contribution < 1.29 is 0 Å². The van der Waals surface area contributed by atoms with Crippen LogP contribution in [-0.2, 0) is 0 Å². The minimum atomic E-state index is 0.547. The maximum atomic E-state index is 4.92. The number of thiol groups is 1. The molecule has 0 saturated carbocycles. The van der Waals surface area contributed by atoms with Crippen LogP contribution in [0.25, 0.3) is 0 Å². The Morgan fingerprint density at radius 3 is 2.88 bits per heavy atom. The van der Waals surface area contributed by atoms with Gasteiger partial charge in [-0.15, -0.1) is 0 Å². The number of thiocarbonyl (C=S) groups is 1. The summed E-state index contributed by atoms with van der Waals surface area (Å²) in [6, 6.07) is 0.547. The van der Waals surface area contributed by atoms with Crippen molar-refractivity contribution in [1.29, 1.82) is 0 Å². The monoisotopic (exact) mass is 147 g/mol. The number of rotatable bonds is 1. The van der Waals surface area contributed by atoms with Crippen LogP contribution in [0.4, 0.5) is 0 Å². The molecule has 1 heterocycles. The zero-order valence-electron chi connectivity index (χ0n) is 4.55. The van der Waals surface area contributed by atoms with E-state index in [1.54, 1.807) is 0 Å². The molecule has 1 aliphatic heterocycles. The zero-order chi connectivity index (χ0) is 5.98. The minimum Gasteiger partial charge on any atom is -0.376 e. The molecule has 1 nitrogen and oxygen atoms in total. The molecule has 1 saturated heterocycles. The van der Waals surface area contributed by atoms with Gasteiger partial charge in [-0.2, -0.15) is 12.6 Å². The third-order valence-electron chi connectivity index (χ3n) is 1.31. The van der Waals surface area contributed by atoms with Crippen LogP contribution >= 0.6 is 24.8 Å². The molecule has 1 aliphatic rings. The smallest absolute Gasteiger partial charge is 0.0756 e. The van der Waals surface area contributed by atoms with Gasteiger partial charge in [0, 0.05) is 11.8 Å². The second kappa shape index (κ2) is 2.69. The molecule has 46 valence electrons. The summed E-state index contributed by atoms with van der Waals surface area (Å²) in [5, 5.41) is 3.16. The van der Waals surface area contributed by atoms with E-state index in [2.05, 4.69) is 17.9 Å². The van der Waals surface area contributed by atoms with Gasteiger partial charge >= 0.3 is 0 Å². The summed E-state index contributed by atoms with van der Waals surface area (Å²) in [4.78, 5) is 1.00. The Labute approximate surface area is 60.3 Å². The highest BCUT2D eigenvalue weighted by atomic mass is 32.1. The molecule has 0 amide bonds. The van der Waals surface area contributed by atoms with Crippen molar-refractivity contribution in [3.05, 3.63) is 0 Å². The predicted octanol–water partition coefficient (Wildman–Crippen LogP) is 0.996. The molecule has 1 fully saturated rings. The molecule has 0 aromatic rings. The quantitative estimate of drug-likeness (QED) is 0.424. The van der Waals surface area contributed by atoms with E-state index in [1.165, 1.54) is 6.42 Å². The van der Waals surface area contributed by atoms with Crippen molar-refractivity contribution in [2.75, 3.05) is 5.75 Å². The number of hydrogen-bond acceptors (Lipinski definition) is 2. The second-order valence-electron chi connectivity index (χ2n) is 1.99. The van der Waals surface area contributed by atoms with Crippen LogP contribution in [0.3, 0.4) is 0 Å². The van der Waals surface area contributed by atoms with E-state index in [1.807, 2.05) is 0 Å². The molecule has 0 aromatic heterocycles. The fourth-order valence-electron chi connectivity index (χ4n) is 0.814.